The number of benzene rings is 1. The van der Waals surface area contributed by atoms with Gasteiger partial charge in [-0.05, 0) is 13.0 Å². The summed E-state index contributed by atoms with van der Waals surface area (Å²) in [6, 6.07) is 4.02. The van der Waals surface area contributed by atoms with Gasteiger partial charge in [-0.25, -0.2) is 4.39 Å². The molecule has 0 spiro atoms. The fourth-order valence-electron chi connectivity index (χ4n) is 1.64. The molecule has 102 valence electrons. The van der Waals surface area contributed by atoms with E-state index in [2.05, 4.69) is 10.1 Å². The minimum absolute atomic E-state index is 0.0934. The average molecular weight is 265 g/mol. The normalized spacial score (nSPS) is 12.4. The Balaban J connectivity index is 2.12. The number of nitrogens with two attached hydrogens (primary N) is 1. The zero-order chi connectivity index (χ0) is 13.8. The molecule has 0 bridgehead atoms. The zero-order valence-corrected chi connectivity index (χ0v) is 10.9. The third-order valence-corrected chi connectivity index (χ3v) is 2.64. The summed E-state index contributed by atoms with van der Waals surface area (Å²) in [4.78, 5) is 4.11. The predicted octanol–water partition coefficient (Wildman–Crippen LogP) is 2.37. The Bertz CT molecular complexity index is 555. The molecule has 1 aromatic carbocycles. The summed E-state index contributed by atoms with van der Waals surface area (Å²) in [6.45, 7) is 3.83. The third kappa shape index (κ3) is 3.29. The van der Waals surface area contributed by atoms with Crippen molar-refractivity contribution in [1.82, 2.24) is 10.1 Å². The molecular weight excluding hydrogens is 249 g/mol. The summed E-state index contributed by atoms with van der Waals surface area (Å²) in [5.41, 5.74) is 6.54. The molecule has 0 aliphatic carbocycles. The molecule has 0 saturated heterocycles. The molecule has 1 atom stereocenters. The molecule has 1 heterocycles. The molecule has 19 heavy (non-hydrogen) atoms. The van der Waals surface area contributed by atoms with Gasteiger partial charge in [0.05, 0.1) is 0 Å². The highest BCUT2D eigenvalue weighted by Crippen LogP contribution is 2.25. The molecule has 0 amide bonds. The van der Waals surface area contributed by atoms with Crippen LogP contribution < -0.4 is 10.5 Å². The van der Waals surface area contributed by atoms with Gasteiger partial charge in [-0.2, -0.15) is 4.98 Å². The summed E-state index contributed by atoms with van der Waals surface area (Å²) < 4.78 is 23.7. The van der Waals surface area contributed by atoms with E-state index in [4.69, 9.17) is 15.0 Å². The summed E-state index contributed by atoms with van der Waals surface area (Å²) in [5.74, 6) is 0.993. The van der Waals surface area contributed by atoms with Crippen LogP contribution in [0.25, 0.3) is 0 Å². The highest BCUT2D eigenvalue weighted by molar-refractivity contribution is 5.36. The van der Waals surface area contributed by atoms with Crippen LogP contribution >= 0.6 is 0 Å². The summed E-state index contributed by atoms with van der Waals surface area (Å²) in [7, 11) is 0. The quantitative estimate of drug-likeness (QED) is 0.898. The Labute approximate surface area is 110 Å². The Kier molecular flexibility index (Phi) is 4.11. The number of hydrogen-bond acceptors (Lipinski definition) is 5. The Morgan fingerprint density at radius 3 is 2.89 bits per heavy atom. The van der Waals surface area contributed by atoms with Crippen LogP contribution in [-0.2, 0) is 13.0 Å². The van der Waals surface area contributed by atoms with Crippen molar-refractivity contribution in [3.63, 3.8) is 0 Å². The molecule has 0 unspecified atom stereocenters. The van der Waals surface area contributed by atoms with E-state index >= 15 is 0 Å². The van der Waals surface area contributed by atoms with Crippen molar-refractivity contribution < 1.29 is 13.7 Å². The van der Waals surface area contributed by atoms with Crippen LogP contribution in [0.2, 0.25) is 0 Å². The van der Waals surface area contributed by atoms with Gasteiger partial charge in [0.1, 0.15) is 11.6 Å². The number of ether oxygens (including phenoxy) is 1. The number of nitrogens with zero attached hydrogens (tertiary/aromatic N) is 2. The molecule has 2 N–H and O–H groups in total. The molecule has 2 rings (SSSR count). The lowest BCUT2D eigenvalue weighted by Crippen LogP contribution is -2.08. The van der Waals surface area contributed by atoms with Gasteiger partial charge in [-0.15, -0.1) is 0 Å². The summed E-state index contributed by atoms with van der Waals surface area (Å²) >= 11 is 0. The topological polar surface area (TPSA) is 74.2 Å². The van der Waals surface area contributed by atoms with Crippen LogP contribution in [0.1, 0.15) is 37.2 Å². The van der Waals surface area contributed by atoms with E-state index in [9.17, 15) is 4.39 Å². The standard InChI is InChI=1S/C13H16FN3O2/c1-3-12-16-13(19-17-12)7-18-11-6-9(14)4-5-10(11)8(2)15/h4-6,8H,3,7,15H2,1-2H3/t8-/m0/s1. The first kappa shape index (κ1) is 13.5. The van der Waals surface area contributed by atoms with E-state index < -0.39 is 0 Å². The van der Waals surface area contributed by atoms with Gasteiger partial charge in [0, 0.05) is 24.1 Å². The Morgan fingerprint density at radius 2 is 2.26 bits per heavy atom. The van der Waals surface area contributed by atoms with Crippen LogP contribution in [0.5, 0.6) is 5.75 Å². The van der Waals surface area contributed by atoms with Gasteiger partial charge in [0.2, 0.25) is 0 Å². The molecule has 0 fully saturated rings. The van der Waals surface area contributed by atoms with Gasteiger partial charge in [0.25, 0.3) is 5.89 Å². The smallest absolute Gasteiger partial charge is 0.264 e. The van der Waals surface area contributed by atoms with Gasteiger partial charge in [0.15, 0.2) is 12.4 Å². The van der Waals surface area contributed by atoms with Gasteiger partial charge in [-0.3, -0.25) is 0 Å². The maximum absolute atomic E-state index is 13.2. The van der Waals surface area contributed by atoms with Crippen LogP contribution in [0.4, 0.5) is 4.39 Å². The van der Waals surface area contributed by atoms with Crippen molar-refractivity contribution in [3.8, 4) is 5.75 Å². The molecule has 0 aliphatic heterocycles. The lowest BCUT2D eigenvalue weighted by Gasteiger charge is -2.12. The van der Waals surface area contributed by atoms with Crippen molar-refractivity contribution in [2.24, 2.45) is 5.73 Å². The van der Waals surface area contributed by atoms with E-state index in [1.165, 1.54) is 12.1 Å². The lowest BCUT2D eigenvalue weighted by molar-refractivity contribution is 0.239. The maximum atomic E-state index is 13.2. The van der Waals surface area contributed by atoms with Crippen molar-refractivity contribution in [1.29, 1.82) is 0 Å². The lowest BCUT2D eigenvalue weighted by atomic mass is 10.1. The highest BCUT2D eigenvalue weighted by Gasteiger charge is 2.11. The summed E-state index contributed by atoms with van der Waals surface area (Å²) in [5, 5.41) is 3.76. The molecule has 5 nitrogen and oxygen atoms in total. The number of halogens is 1. The molecule has 1 aromatic heterocycles. The fourth-order valence-corrected chi connectivity index (χ4v) is 1.64. The zero-order valence-electron chi connectivity index (χ0n) is 10.9. The van der Waals surface area contributed by atoms with Gasteiger partial charge >= 0.3 is 0 Å². The molecular formula is C13H16FN3O2. The molecule has 0 saturated carbocycles. The van der Waals surface area contributed by atoms with E-state index in [0.717, 1.165) is 5.56 Å². The minimum atomic E-state index is -0.376. The summed E-state index contributed by atoms with van der Waals surface area (Å²) in [6.07, 6.45) is 0.689. The second-order valence-corrected chi connectivity index (χ2v) is 4.22. The van der Waals surface area contributed by atoms with Crippen LogP contribution in [0.15, 0.2) is 22.7 Å². The van der Waals surface area contributed by atoms with Crippen molar-refractivity contribution in [2.75, 3.05) is 0 Å². The highest BCUT2D eigenvalue weighted by atomic mass is 19.1. The second-order valence-electron chi connectivity index (χ2n) is 4.22. The molecule has 0 radical (unpaired) electrons. The first-order valence-electron chi connectivity index (χ1n) is 6.09. The Morgan fingerprint density at radius 1 is 1.47 bits per heavy atom. The van der Waals surface area contributed by atoms with Crippen LogP contribution in [0, 0.1) is 5.82 Å². The monoisotopic (exact) mass is 265 g/mol. The van der Waals surface area contributed by atoms with E-state index in [1.54, 1.807) is 6.07 Å². The first-order valence-corrected chi connectivity index (χ1v) is 6.09. The van der Waals surface area contributed by atoms with E-state index in [0.29, 0.717) is 23.9 Å². The maximum Gasteiger partial charge on any atom is 0.264 e. The van der Waals surface area contributed by atoms with E-state index in [-0.39, 0.29) is 18.5 Å². The first-order chi connectivity index (χ1) is 9.10. The van der Waals surface area contributed by atoms with Crippen LogP contribution in [-0.4, -0.2) is 10.1 Å². The van der Waals surface area contributed by atoms with E-state index in [1.807, 2.05) is 13.8 Å². The number of rotatable bonds is 5. The minimum Gasteiger partial charge on any atom is -0.483 e. The van der Waals surface area contributed by atoms with Crippen molar-refractivity contribution in [2.45, 2.75) is 32.9 Å². The second kappa shape index (κ2) is 5.79. The van der Waals surface area contributed by atoms with Gasteiger partial charge < -0.3 is 15.0 Å². The number of aromatic nitrogens is 2. The SMILES string of the molecule is CCc1noc(COc2cc(F)ccc2[C@H](C)N)n1. The predicted molar refractivity (Wildman–Crippen MR) is 67.0 cm³/mol. The van der Waals surface area contributed by atoms with Crippen molar-refractivity contribution in [3.05, 3.63) is 41.3 Å². The molecule has 6 heteroatoms. The molecule has 2 aromatic rings. The molecule has 0 aliphatic rings. The van der Waals surface area contributed by atoms with Crippen LogP contribution in [0.3, 0.4) is 0 Å². The largest absolute Gasteiger partial charge is 0.483 e. The van der Waals surface area contributed by atoms with Gasteiger partial charge in [-0.1, -0.05) is 18.1 Å². The van der Waals surface area contributed by atoms with Crippen molar-refractivity contribution >= 4 is 0 Å². The number of hydrogen-bond donors (Lipinski definition) is 1. The third-order valence-electron chi connectivity index (χ3n) is 2.64. The average Bonchev–Trinajstić information content (AvgIpc) is 2.84. The Hall–Kier alpha value is -1.95. The fraction of sp³-hybridized carbons (Fsp3) is 0.385. The number of aryl methyl sites for hydroxylation is 1.